The highest BCUT2D eigenvalue weighted by molar-refractivity contribution is 9.10. The summed E-state index contributed by atoms with van der Waals surface area (Å²) in [6.45, 7) is 0. The first-order valence-corrected chi connectivity index (χ1v) is 7.45. The summed E-state index contributed by atoms with van der Waals surface area (Å²) < 4.78 is 19.5. The molecule has 1 aromatic rings. The number of rotatable bonds is 1. The van der Waals surface area contributed by atoms with Gasteiger partial charge >= 0.3 is 0 Å². The van der Waals surface area contributed by atoms with Crippen molar-refractivity contribution < 1.29 is 9.13 Å². The molecule has 2 nitrogen and oxygen atoms in total. The minimum absolute atomic E-state index is 0. The van der Waals surface area contributed by atoms with E-state index in [1.807, 2.05) is 0 Å². The Balaban J connectivity index is 0.00000147. The van der Waals surface area contributed by atoms with Crippen LogP contribution in [0.15, 0.2) is 16.6 Å². The normalized spacial score (nSPS) is 28.4. The van der Waals surface area contributed by atoms with Crippen molar-refractivity contribution in [2.75, 3.05) is 7.11 Å². The first-order chi connectivity index (χ1) is 9.05. The van der Waals surface area contributed by atoms with Crippen LogP contribution in [0, 0.1) is 16.6 Å². The summed E-state index contributed by atoms with van der Waals surface area (Å²) in [4.78, 5) is 0. The van der Waals surface area contributed by atoms with Gasteiger partial charge < -0.3 is 10.1 Å². The zero-order valence-corrected chi connectivity index (χ0v) is 12.5. The lowest BCUT2D eigenvalue weighted by molar-refractivity contribution is 0.0467. The average molecular weight is 342 g/mol. The summed E-state index contributed by atoms with van der Waals surface area (Å²) >= 11 is 3.22. The van der Waals surface area contributed by atoms with Gasteiger partial charge in [-0.25, -0.2) is 4.39 Å². The molecule has 1 fully saturated rings. The minimum Gasteiger partial charge on any atom is -0.381 e. The maximum atomic E-state index is 13.6. The predicted octanol–water partition coefficient (Wildman–Crippen LogP) is 4.72. The molecule has 0 saturated heterocycles. The molecule has 2 aliphatic rings. The van der Waals surface area contributed by atoms with Gasteiger partial charge in [0.1, 0.15) is 5.82 Å². The van der Waals surface area contributed by atoms with Gasteiger partial charge in [0.15, 0.2) is 0 Å². The molecule has 0 aromatic heterocycles. The zero-order valence-electron chi connectivity index (χ0n) is 10.9. The van der Waals surface area contributed by atoms with Gasteiger partial charge in [0.2, 0.25) is 0 Å². The van der Waals surface area contributed by atoms with Gasteiger partial charge in [-0.15, -0.1) is 0 Å². The maximum absolute atomic E-state index is 13.6. The third-order valence-electron chi connectivity index (χ3n) is 4.70. The molecule has 20 heavy (non-hydrogen) atoms. The second-order valence-corrected chi connectivity index (χ2v) is 6.54. The summed E-state index contributed by atoms with van der Waals surface area (Å²) in [5, 5.41) is 8.48. The first kappa shape index (κ1) is 15.6. The van der Waals surface area contributed by atoms with Gasteiger partial charge in [0.25, 0.3) is 0 Å². The van der Waals surface area contributed by atoms with Crippen LogP contribution in [0.5, 0.6) is 0 Å². The van der Waals surface area contributed by atoms with Crippen LogP contribution in [0.25, 0.3) is 0 Å². The molecule has 1 saturated carbocycles. The van der Waals surface area contributed by atoms with Crippen molar-refractivity contribution in [2.24, 2.45) is 5.41 Å². The van der Waals surface area contributed by atoms with Crippen LogP contribution in [-0.2, 0) is 11.2 Å². The Morgan fingerprint density at radius 1 is 1.35 bits per heavy atom. The van der Waals surface area contributed by atoms with Crippen molar-refractivity contribution in [2.45, 2.75) is 45.6 Å². The van der Waals surface area contributed by atoms with E-state index in [9.17, 15) is 4.39 Å². The second kappa shape index (κ2) is 5.57. The highest BCUT2D eigenvalue weighted by atomic mass is 79.9. The molecular weight excluding hydrogens is 321 g/mol. The number of ether oxygens (including phenoxy) is 1. The topological polar surface area (TPSA) is 33.1 Å². The molecule has 0 amide bonds. The number of methoxy groups -OCH3 is 1. The van der Waals surface area contributed by atoms with Gasteiger partial charge in [0, 0.05) is 23.8 Å². The number of hydrogen-bond donors (Lipinski definition) is 1. The number of benzene rings is 1. The standard InChI is InChI=1S/C15H17BrFNO.CH4/c1-19-10-2-4-15(5-3-10)8-9-6-13(17)12(16)7-11(9)14(15)18;/h6-7,10,18H,2-5,8H2,1H3;1H4. The van der Waals surface area contributed by atoms with E-state index in [2.05, 4.69) is 15.9 Å². The van der Waals surface area contributed by atoms with Gasteiger partial charge in [-0.1, -0.05) is 7.43 Å². The fraction of sp³-hybridized carbons (Fsp3) is 0.562. The maximum Gasteiger partial charge on any atom is 0.137 e. The molecule has 110 valence electrons. The lowest BCUT2D eigenvalue weighted by atomic mass is 9.70. The van der Waals surface area contributed by atoms with Crippen LogP contribution < -0.4 is 0 Å². The second-order valence-electron chi connectivity index (χ2n) is 5.69. The molecule has 0 atom stereocenters. The lowest BCUT2D eigenvalue weighted by Crippen LogP contribution is -2.35. The van der Waals surface area contributed by atoms with E-state index in [1.54, 1.807) is 19.2 Å². The van der Waals surface area contributed by atoms with Crippen LogP contribution in [0.4, 0.5) is 4.39 Å². The van der Waals surface area contributed by atoms with Crippen LogP contribution >= 0.6 is 15.9 Å². The molecule has 0 heterocycles. The van der Waals surface area contributed by atoms with Crippen LogP contribution in [0.1, 0.15) is 44.2 Å². The minimum atomic E-state index is -0.228. The highest BCUT2D eigenvalue weighted by Gasteiger charge is 2.45. The average Bonchev–Trinajstić information content (AvgIpc) is 2.65. The summed E-state index contributed by atoms with van der Waals surface area (Å²) in [5.74, 6) is -0.228. The van der Waals surface area contributed by atoms with Crippen LogP contribution in [-0.4, -0.2) is 18.9 Å². The molecule has 2 aliphatic carbocycles. The molecule has 0 bridgehead atoms. The van der Waals surface area contributed by atoms with Crippen molar-refractivity contribution in [1.29, 1.82) is 5.41 Å². The molecular formula is C16H21BrFNO. The molecule has 4 heteroatoms. The molecule has 1 aromatic carbocycles. The van der Waals surface area contributed by atoms with E-state index < -0.39 is 0 Å². The number of hydrogen-bond acceptors (Lipinski definition) is 2. The third kappa shape index (κ3) is 2.33. The molecule has 0 unspecified atom stereocenters. The van der Waals surface area contributed by atoms with E-state index in [0.29, 0.717) is 16.3 Å². The predicted molar refractivity (Wildman–Crippen MR) is 83.1 cm³/mol. The third-order valence-corrected chi connectivity index (χ3v) is 5.31. The van der Waals surface area contributed by atoms with Crippen molar-refractivity contribution in [1.82, 2.24) is 0 Å². The molecule has 0 radical (unpaired) electrons. The summed E-state index contributed by atoms with van der Waals surface area (Å²) in [5.41, 5.74) is 2.52. The largest absolute Gasteiger partial charge is 0.381 e. The highest BCUT2D eigenvalue weighted by Crippen LogP contribution is 2.48. The zero-order chi connectivity index (χ0) is 13.6. The van der Waals surface area contributed by atoms with Gasteiger partial charge in [-0.05, 0) is 65.7 Å². The molecule has 3 rings (SSSR count). The van der Waals surface area contributed by atoms with Crippen molar-refractivity contribution in [3.8, 4) is 0 Å². The van der Waals surface area contributed by atoms with E-state index in [4.69, 9.17) is 10.1 Å². The fourth-order valence-electron chi connectivity index (χ4n) is 3.51. The lowest BCUT2D eigenvalue weighted by Gasteiger charge is -2.36. The van der Waals surface area contributed by atoms with Crippen molar-refractivity contribution in [3.05, 3.63) is 33.5 Å². The van der Waals surface area contributed by atoms with Crippen molar-refractivity contribution >= 4 is 21.6 Å². The Kier molecular flexibility index (Phi) is 4.35. The number of halogens is 2. The number of nitrogens with one attached hydrogen (secondary N) is 1. The van der Waals surface area contributed by atoms with E-state index in [-0.39, 0.29) is 18.7 Å². The summed E-state index contributed by atoms with van der Waals surface area (Å²) in [7, 11) is 1.75. The van der Waals surface area contributed by atoms with Crippen LogP contribution in [0.2, 0.25) is 0 Å². The smallest absolute Gasteiger partial charge is 0.137 e. The summed E-state index contributed by atoms with van der Waals surface area (Å²) in [6, 6.07) is 3.36. The van der Waals surface area contributed by atoms with Crippen molar-refractivity contribution in [3.63, 3.8) is 0 Å². The Hall–Kier alpha value is -0.740. The Bertz CT molecular complexity index is 536. The quantitative estimate of drug-likeness (QED) is 0.787. The SMILES string of the molecule is C.COC1CCC2(CC1)Cc1cc(F)c(Br)cc1C2=N. The number of fused-ring (bicyclic) bond motifs is 1. The molecule has 1 spiro atoms. The molecule has 0 aliphatic heterocycles. The Morgan fingerprint density at radius 3 is 2.60 bits per heavy atom. The Labute approximate surface area is 128 Å². The van der Waals surface area contributed by atoms with E-state index in [1.165, 1.54) is 0 Å². The van der Waals surface area contributed by atoms with E-state index >= 15 is 0 Å². The van der Waals surface area contributed by atoms with Gasteiger partial charge in [0.05, 0.1) is 10.6 Å². The fourth-order valence-corrected chi connectivity index (χ4v) is 3.86. The van der Waals surface area contributed by atoms with Gasteiger partial charge in [-0.2, -0.15) is 0 Å². The summed E-state index contributed by atoms with van der Waals surface area (Å²) in [6.07, 6.45) is 5.07. The van der Waals surface area contributed by atoms with E-state index in [0.717, 1.165) is 43.2 Å². The van der Waals surface area contributed by atoms with Crippen LogP contribution in [0.3, 0.4) is 0 Å². The van der Waals surface area contributed by atoms with Gasteiger partial charge in [-0.3, -0.25) is 0 Å². The monoisotopic (exact) mass is 341 g/mol. The first-order valence-electron chi connectivity index (χ1n) is 6.66. The Morgan fingerprint density at radius 2 is 2.00 bits per heavy atom. The molecule has 1 N–H and O–H groups in total.